The van der Waals surface area contributed by atoms with Crippen molar-refractivity contribution in [3.8, 4) is 0 Å². The average molecular weight is 273 g/mol. The summed E-state index contributed by atoms with van der Waals surface area (Å²) in [6.45, 7) is 0. The predicted molar refractivity (Wildman–Crippen MR) is 84.3 cm³/mol. The lowest BCUT2D eigenvalue weighted by molar-refractivity contribution is 0.893. The van der Waals surface area contributed by atoms with E-state index in [-0.39, 0.29) is 5.92 Å². The summed E-state index contributed by atoms with van der Waals surface area (Å²) in [4.78, 5) is 11.2. The van der Waals surface area contributed by atoms with Gasteiger partial charge >= 0.3 is 0 Å². The van der Waals surface area contributed by atoms with Gasteiger partial charge in [-0.25, -0.2) is 0 Å². The van der Waals surface area contributed by atoms with Crippen molar-refractivity contribution in [1.82, 2.24) is 15.0 Å². The number of H-pyrrole nitrogens is 2. The van der Waals surface area contributed by atoms with E-state index in [1.54, 1.807) is 0 Å². The average Bonchev–Trinajstić information content (AvgIpc) is 3.21. The summed E-state index contributed by atoms with van der Waals surface area (Å²) in [5.41, 5.74) is 4.53. The van der Waals surface area contributed by atoms with Crippen LogP contribution in [0.2, 0.25) is 0 Å². The van der Waals surface area contributed by atoms with Gasteiger partial charge < -0.3 is 9.97 Å². The first-order valence-electron chi connectivity index (χ1n) is 7.03. The van der Waals surface area contributed by atoms with Crippen molar-refractivity contribution >= 4 is 10.9 Å². The Balaban J connectivity index is 1.89. The maximum absolute atomic E-state index is 4.59. The summed E-state index contributed by atoms with van der Waals surface area (Å²) >= 11 is 0. The highest BCUT2D eigenvalue weighted by Crippen LogP contribution is 2.30. The number of pyridine rings is 1. The second-order valence-electron chi connectivity index (χ2n) is 5.15. The van der Waals surface area contributed by atoms with Gasteiger partial charge in [-0.05, 0) is 42.0 Å². The van der Waals surface area contributed by atoms with Crippen molar-refractivity contribution < 1.29 is 0 Å². The Labute approximate surface area is 122 Å². The molecular weight excluding hydrogens is 258 g/mol. The molecule has 2 N–H and O–H groups in total. The van der Waals surface area contributed by atoms with E-state index in [2.05, 4.69) is 39.2 Å². The molecule has 0 amide bonds. The largest absolute Gasteiger partial charge is 0.364 e. The monoisotopic (exact) mass is 273 g/mol. The van der Waals surface area contributed by atoms with Crippen LogP contribution >= 0.6 is 0 Å². The zero-order valence-electron chi connectivity index (χ0n) is 11.5. The summed E-state index contributed by atoms with van der Waals surface area (Å²) in [5, 5.41) is 1.16. The van der Waals surface area contributed by atoms with Gasteiger partial charge in [0, 0.05) is 35.4 Å². The summed E-state index contributed by atoms with van der Waals surface area (Å²) in [5.74, 6) is 0.145. The zero-order valence-corrected chi connectivity index (χ0v) is 11.5. The molecule has 0 atom stereocenters. The van der Waals surface area contributed by atoms with Crippen LogP contribution in [0.4, 0.5) is 0 Å². The number of benzene rings is 1. The molecule has 0 saturated carbocycles. The van der Waals surface area contributed by atoms with Crippen molar-refractivity contribution in [2.24, 2.45) is 0 Å². The molecule has 3 nitrogen and oxygen atoms in total. The third-order valence-corrected chi connectivity index (χ3v) is 3.81. The third kappa shape index (κ3) is 2.13. The van der Waals surface area contributed by atoms with Crippen LogP contribution in [-0.4, -0.2) is 15.0 Å². The van der Waals surface area contributed by atoms with E-state index in [0.29, 0.717) is 0 Å². The van der Waals surface area contributed by atoms with Crippen LogP contribution in [0.15, 0.2) is 73.2 Å². The van der Waals surface area contributed by atoms with E-state index >= 15 is 0 Å². The van der Waals surface area contributed by atoms with Gasteiger partial charge in [0.25, 0.3) is 0 Å². The summed E-state index contributed by atoms with van der Waals surface area (Å²) in [7, 11) is 0. The van der Waals surface area contributed by atoms with Gasteiger partial charge in [-0.1, -0.05) is 18.2 Å². The van der Waals surface area contributed by atoms with E-state index < -0.39 is 0 Å². The Bertz CT molecular complexity index is 811. The number of aromatic amines is 2. The molecule has 0 bridgehead atoms. The lowest BCUT2D eigenvalue weighted by Gasteiger charge is -2.15. The third-order valence-electron chi connectivity index (χ3n) is 3.81. The van der Waals surface area contributed by atoms with Gasteiger partial charge in [-0.2, -0.15) is 0 Å². The quantitative estimate of drug-likeness (QED) is 0.580. The van der Waals surface area contributed by atoms with Gasteiger partial charge in [0.1, 0.15) is 0 Å². The second kappa shape index (κ2) is 4.94. The van der Waals surface area contributed by atoms with Gasteiger partial charge in [-0.3, -0.25) is 4.98 Å². The molecule has 0 aliphatic heterocycles. The molecule has 4 aromatic rings. The van der Waals surface area contributed by atoms with Crippen LogP contribution in [0.1, 0.15) is 22.9 Å². The molecule has 0 radical (unpaired) electrons. The van der Waals surface area contributed by atoms with Crippen LogP contribution < -0.4 is 0 Å². The van der Waals surface area contributed by atoms with Crippen molar-refractivity contribution in [1.29, 1.82) is 0 Å². The standard InChI is InChI=1S/C18H15N3/c1-2-6-15-13(5-1)11-14(12-21-15)18(16-7-3-9-19-16)17-8-4-10-20-17/h1-12,18-20H. The van der Waals surface area contributed by atoms with Gasteiger partial charge in [-0.15, -0.1) is 0 Å². The summed E-state index contributed by atoms with van der Waals surface area (Å²) in [6.07, 6.45) is 5.88. The van der Waals surface area contributed by atoms with Crippen LogP contribution in [0.25, 0.3) is 10.9 Å². The van der Waals surface area contributed by atoms with Crippen LogP contribution in [0.5, 0.6) is 0 Å². The Morgan fingerprint density at radius 1 is 0.810 bits per heavy atom. The number of hydrogen-bond donors (Lipinski definition) is 2. The Hall–Kier alpha value is -2.81. The van der Waals surface area contributed by atoms with E-state index in [1.165, 1.54) is 5.56 Å². The number of rotatable bonds is 3. The lowest BCUT2D eigenvalue weighted by Crippen LogP contribution is -2.04. The van der Waals surface area contributed by atoms with Crippen molar-refractivity contribution in [2.75, 3.05) is 0 Å². The predicted octanol–water partition coefficient (Wildman–Crippen LogP) is 4.07. The number of fused-ring (bicyclic) bond motifs is 1. The molecule has 102 valence electrons. The zero-order chi connectivity index (χ0) is 14.1. The van der Waals surface area contributed by atoms with E-state index in [0.717, 1.165) is 22.3 Å². The van der Waals surface area contributed by atoms with E-state index in [1.807, 2.05) is 48.9 Å². The Morgan fingerprint density at radius 2 is 1.52 bits per heavy atom. The molecule has 0 aliphatic carbocycles. The van der Waals surface area contributed by atoms with Gasteiger partial charge in [0.05, 0.1) is 11.4 Å². The van der Waals surface area contributed by atoms with E-state index in [9.17, 15) is 0 Å². The minimum Gasteiger partial charge on any atom is -0.364 e. The first-order valence-corrected chi connectivity index (χ1v) is 7.03. The van der Waals surface area contributed by atoms with Crippen molar-refractivity contribution in [3.63, 3.8) is 0 Å². The number of nitrogens with one attached hydrogen (secondary N) is 2. The Morgan fingerprint density at radius 3 is 2.19 bits per heavy atom. The highest BCUT2D eigenvalue weighted by atomic mass is 14.7. The first kappa shape index (κ1) is 12.0. The van der Waals surface area contributed by atoms with Crippen LogP contribution in [0.3, 0.4) is 0 Å². The molecule has 0 aliphatic rings. The number of hydrogen-bond acceptors (Lipinski definition) is 1. The molecule has 4 rings (SSSR count). The van der Waals surface area contributed by atoms with E-state index in [4.69, 9.17) is 0 Å². The smallest absolute Gasteiger partial charge is 0.0702 e. The van der Waals surface area contributed by atoms with Crippen LogP contribution in [-0.2, 0) is 0 Å². The maximum atomic E-state index is 4.59. The number of aromatic nitrogens is 3. The summed E-state index contributed by atoms with van der Waals surface area (Å²) < 4.78 is 0. The molecular formula is C18H15N3. The number of para-hydroxylation sites is 1. The highest BCUT2D eigenvalue weighted by molar-refractivity contribution is 5.79. The number of nitrogens with zero attached hydrogens (tertiary/aromatic N) is 1. The van der Waals surface area contributed by atoms with Crippen LogP contribution in [0, 0.1) is 0 Å². The lowest BCUT2D eigenvalue weighted by atomic mass is 9.93. The van der Waals surface area contributed by atoms with Gasteiger partial charge in [0.2, 0.25) is 0 Å². The minimum atomic E-state index is 0.145. The fraction of sp³-hybridized carbons (Fsp3) is 0.0556. The SMILES string of the molecule is c1c[nH]c(C(c2cnc3ccccc3c2)c2ccc[nH]2)c1. The Kier molecular flexibility index (Phi) is 2.82. The minimum absolute atomic E-state index is 0.145. The van der Waals surface area contributed by atoms with Crippen molar-refractivity contribution in [2.45, 2.75) is 5.92 Å². The topological polar surface area (TPSA) is 44.5 Å². The molecule has 3 heterocycles. The first-order chi connectivity index (χ1) is 10.4. The highest BCUT2D eigenvalue weighted by Gasteiger charge is 2.19. The fourth-order valence-electron chi connectivity index (χ4n) is 2.82. The molecule has 3 aromatic heterocycles. The molecule has 3 heteroatoms. The molecule has 0 fully saturated rings. The maximum Gasteiger partial charge on any atom is 0.0702 e. The molecule has 0 unspecified atom stereocenters. The molecule has 21 heavy (non-hydrogen) atoms. The van der Waals surface area contributed by atoms with Gasteiger partial charge in [0.15, 0.2) is 0 Å². The normalized spacial score (nSPS) is 11.3. The fourth-order valence-corrected chi connectivity index (χ4v) is 2.82. The molecule has 1 aromatic carbocycles. The molecule has 0 spiro atoms. The second-order valence-corrected chi connectivity index (χ2v) is 5.15. The van der Waals surface area contributed by atoms with Crippen molar-refractivity contribution in [3.05, 3.63) is 90.1 Å². The molecule has 0 saturated heterocycles. The summed E-state index contributed by atoms with van der Waals surface area (Å²) in [6, 6.07) is 18.7.